The predicted molar refractivity (Wildman–Crippen MR) is 115 cm³/mol. The first-order chi connectivity index (χ1) is 14.6. The van der Waals surface area contributed by atoms with Gasteiger partial charge >= 0.3 is 0 Å². The van der Waals surface area contributed by atoms with Crippen LogP contribution in [0.1, 0.15) is 11.1 Å². The smallest absolute Gasteiger partial charge is 0.147 e. The molecule has 1 heterocycles. The van der Waals surface area contributed by atoms with Gasteiger partial charge < -0.3 is 4.31 Å². The number of rotatable bonds is 7. The molecule has 0 fully saturated rings. The molecule has 0 atom stereocenters. The predicted octanol–water partition coefficient (Wildman–Crippen LogP) is 5.97. The number of anilines is 1. The minimum absolute atomic E-state index is 0.172. The van der Waals surface area contributed by atoms with Crippen LogP contribution in [0.5, 0.6) is 0 Å². The second kappa shape index (κ2) is 9.28. The Morgan fingerprint density at radius 2 is 1.73 bits per heavy atom. The Labute approximate surface area is 182 Å². The van der Waals surface area contributed by atoms with Gasteiger partial charge in [-0.05, 0) is 59.5 Å². The van der Waals surface area contributed by atoms with Gasteiger partial charge in [0, 0.05) is 16.0 Å². The Kier molecular flexibility index (Phi) is 6.30. The van der Waals surface area contributed by atoms with Gasteiger partial charge in [-0.2, -0.15) is 5.10 Å². The van der Waals surface area contributed by atoms with Gasteiger partial charge in [0.2, 0.25) is 0 Å². The highest BCUT2D eigenvalue weighted by Crippen LogP contribution is 2.34. The molecule has 4 aromatic rings. The molecule has 0 bridgehead atoms. The highest BCUT2D eigenvalue weighted by Gasteiger charge is 2.17. The first kappa shape index (κ1) is 20.4. The van der Waals surface area contributed by atoms with Crippen molar-refractivity contribution in [1.29, 1.82) is 0 Å². The number of aromatic nitrogens is 3. The molecular formula is C22H17ClF2N4S. The van der Waals surface area contributed by atoms with E-state index in [-0.39, 0.29) is 5.69 Å². The van der Waals surface area contributed by atoms with Gasteiger partial charge in [0.15, 0.2) is 0 Å². The highest BCUT2D eigenvalue weighted by atomic mass is 35.5. The van der Waals surface area contributed by atoms with E-state index in [4.69, 9.17) is 11.6 Å². The number of hydrogen-bond acceptors (Lipinski definition) is 4. The maximum atomic E-state index is 14.6. The van der Waals surface area contributed by atoms with E-state index >= 15 is 0 Å². The van der Waals surface area contributed by atoms with E-state index in [2.05, 4.69) is 10.1 Å². The molecule has 0 saturated heterocycles. The average molecular weight is 443 g/mol. The van der Waals surface area contributed by atoms with Gasteiger partial charge in [0.05, 0.1) is 18.8 Å². The van der Waals surface area contributed by atoms with Gasteiger partial charge in [-0.1, -0.05) is 35.9 Å². The second-order valence-electron chi connectivity index (χ2n) is 6.54. The van der Waals surface area contributed by atoms with Gasteiger partial charge in [0.1, 0.15) is 24.3 Å². The van der Waals surface area contributed by atoms with E-state index in [1.807, 2.05) is 36.4 Å². The molecule has 4 nitrogen and oxygen atoms in total. The number of nitrogens with zero attached hydrogens (tertiary/aromatic N) is 4. The van der Waals surface area contributed by atoms with Crippen molar-refractivity contribution in [3.63, 3.8) is 0 Å². The van der Waals surface area contributed by atoms with Crippen molar-refractivity contribution in [1.82, 2.24) is 14.8 Å². The zero-order valence-corrected chi connectivity index (χ0v) is 17.3. The highest BCUT2D eigenvalue weighted by molar-refractivity contribution is 8.00. The summed E-state index contributed by atoms with van der Waals surface area (Å²) in [6, 6.07) is 18.5. The maximum Gasteiger partial charge on any atom is 0.147 e. The van der Waals surface area contributed by atoms with Crippen LogP contribution in [0.25, 0.3) is 0 Å². The fourth-order valence-corrected chi connectivity index (χ4v) is 4.06. The molecule has 4 rings (SSSR count). The third kappa shape index (κ3) is 4.98. The van der Waals surface area contributed by atoms with Crippen molar-refractivity contribution in [2.45, 2.75) is 18.0 Å². The summed E-state index contributed by atoms with van der Waals surface area (Å²) in [7, 11) is 0. The number of benzene rings is 3. The third-order valence-corrected chi connectivity index (χ3v) is 5.72. The van der Waals surface area contributed by atoms with Crippen LogP contribution < -0.4 is 4.31 Å². The SMILES string of the molecule is Fc1ccc(F)c(N(Cc2ccccc2Cn2cncn2)Sc2ccc(Cl)cc2)c1. The van der Waals surface area contributed by atoms with Crippen LogP contribution in [-0.4, -0.2) is 14.8 Å². The maximum absolute atomic E-state index is 14.6. The summed E-state index contributed by atoms with van der Waals surface area (Å²) in [5, 5.41) is 4.77. The fourth-order valence-electron chi connectivity index (χ4n) is 2.98. The topological polar surface area (TPSA) is 34.0 Å². The second-order valence-corrected chi connectivity index (χ2v) is 8.07. The van der Waals surface area contributed by atoms with Crippen molar-refractivity contribution in [2.24, 2.45) is 0 Å². The normalized spacial score (nSPS) is 10.9. The minimum atomic E-state index is -0.496. The summed E-state index contributed by atoms with van der Waals surface area (Å²) in [5.74, 6) is -0.990. The van der Waals surface area contributed by atoms with Crippen LogP contribution in [0.4, 0.5) is 14.5 Å². The van der Waals surface area contributed by atoms with Gasteiger partial charge in [-0.3, -0.25) is 0 Å². The molecule has 152 valence electrons. The van der Waals surface area contributed by atoms with Crippen LogP contribution in [0, 0.1) is 11.6 Å². The minimum Gasteiger partial charge on any atom is -0.305 e. The molecule has 0 N–H and O–H groups in total. The van der Waals surface area contributed by atoms with E-state index < -0.39 is 11.6 Å². The molecule has 0 aliphatic rings. The number of halogens is 3. The number of hydrogen-bond donors (Lipinski definition) is 0. The van der Waals surface area contributed by atoms with Crippen LogP contribution in [0.3, 0.4) is 0 Å². The van der Waals surface area contributed by atoms with E-state index in [1.165, 1.54) is 24.3 Å². The van der Waals surface area contributed by atoms with Crippen LogP contribution in [0.15, 0.2) is 84.3 Å². The molecular weight excluding hydrogens is 426 g/mol. The molecule has 0 unspecified atom stereocenters. The summed E-state index contributed by atoms with van der Waals surface area (Å²) < 4.78 is 32.0. The Morgan fingerprint density at radius 3 is 2.47 bits per heavy atom. The molecule has 0 radical (unpaired) electrons. The molecule has 0 amide bonds. The fraction of sp³-hybridized carbons (Fsp3) is 0.0909. The summed E-state index contributed by atoms with van der Waals surface area (Å²) in [6.45, 7) is 0.889. The molecule has 8 heteroatoms. The van der Waals surface area contributed by atoms with Crippen LogP contribution in [0.2, 0.25) is 5.02 Å². The van der Waals surface area contributed by atoms with Crippen molar-refractivity contribution >= 4 is 29.2 Å². The monoisotopic (exact) mass is 442 g/mol. The van der Waals surface area contributed by atoms with Crippen molar-refractivity contribution in [3.8, 4) is 0 Å². The lowest BCUT2D eigenvalue weighted by atomic mass is 10.1. The lowest BCUT2D eigenvalue weighted by molar-refractivity contribution is 0.600. The lowest BCUT2D eigenvalue weighted by Gasteiger charge is -2.25. The summed E-state index contributed by atoms with van der Waals surface area (Å²) in [6.07, 6.45) is 3.12. The van der Waals surface area contributed by atoms with Gasteiger partial charge in [-0.25, -0.2) is 18.4 Å². The van der Waals surface area contributed by atoms with E-state index in [9.17, 15) is 8.78 Å². The van der Waals surface area contributed by atoms with Crippen molar-refractivity contribution in [2.75, 3.05) is 4.31 Å². The summed E-state index contributed by atoms with van der Waals surface area (Å²) in [4.78, 5) is 4.83. The Morgan fingerprint density at radius 1 is 0.967 bits per heavy atom. The van der Waals surface area contributed by atoms with E-state index in [0.717, 1.165) is 28.2 Å². The molecule has 0 aliphatic carbocycles. The van der Waals surface area contributed by atoms with E-state index in [1.54, 1.807) is 27.4 Å². The Bertz CT molecular complexity index is 1120. The quantitative estimate of drug-likeness (QED) is 0.330. The third-order valence-electron chi connectivity index (χ3n) is 4.44. The molecule has 1 aromatic heterocycles. The lowest BCUT2D eigenvalue weighted by Crippen LogP contribution is -2.17. The Hall–Kier alpha value is -2.90. The van der Waals surface area contributed by atoms with E-state index in [0.29, 0.717) is 18.1 Å². The molecule has 30 heavy (non-hydrogen) atoms. The van der Waals surface area contributed by atoms with Gasteiger partial charge in [-0.15, -0.1) is 0 Å². The Balaban J connectivity index is 1.68. The zero-order chi connectivity index (χ0) is 20.9. The zero-order valence-electron chi connectivity index (χ0n) is 15.8. The first-order valence-electron chi connectivity index (χ1n) is 9.14. The van der Waals surface area contributed by atoms with Gasteiger partial charge in [0.25, 0.3) is 0 Å². The van der Waals surface area contributed by atoms with Crippen molar-refractivity contribution in [3.05, 3.63) is 107 Å². The largest absolute Gasteiger partial charge is 0.305 e. The molecule has 0 spiro atoms. The molecule has 0 saturated carbocycles. The van der Waals surface area contributed by atoms with Crippen molar-refractivity contribution < 1.29 is 8.78 Å². The summed E-state index contributed by atoms with van der Waals surface area (Å²) in [5.41, 5.74) is 2.16. The molecule has 3 aromatic carbocycles. The first-order valence-corrected chi connectivity index (χ1v) is 10.3. The van der Waals surface area contributed by atoms with Crippen LogP contribution in [-0.2, 0) is 13.1 Å². The molecule has 0 aliphatic heterocycles. The van der Waals surface area contributed by atoms with Crippen LogP contribution >= 0.6 is 23.5 Å². The standard InChI is InChI=1S/C22H17ClF2N4S/c23-18-5-8-20(9-6-18)30-29(22-11-19(24)7-10-21(22)25)13-17-4-2-1-3-16(17)12-28-15-26-14-27-28/h1-11,14-15H,12-13H2. The average Bonchev–Trinajstić information content (AvgIpc) is 3.25. The summed E-state index contributed by atoms with van der Waals surface area (Å²) >= 11 is 7.30.